The minimum absolute atomic E-state index is 0.0171. The van der Waals surface area contributed by atoms with Crippen LogP contribution in [0.2, 0.25) is 0 Å². The molecule has 0 aromatic rings. The fraction of sp³-hybridized carbons (Fsp3) is 0.618. The topological polar surface area (TPSA) is 105 Å². The summed E-state index contributed by atoms with van der Waals surface area (Å²) in [5.41, 5.74) is 0. The van der Waals surface area contributed by atoms with Gasteiger partial charge in [0, 0.05) is 6.42 Å². The first-order valence-electron chi connectivity index (χ1n) is 15.7. The smallest absolute Gasteiger partial charge is 0.305 e. The third-order valence-corrected chi connectivity index (χ3v) is 6.94. The van der Waals surface area contributed by atoms with Crippen molar-refractivity contribution in [3.8, 4) is 0 Å². The van der Waals surface area contributed by atoms with Gasteiger partial charge < -0.3 is 28.3 Å². The molecule has 0 aromatic heterocycles. The van der Waals surface area contributed by atoms with Crippen LogP contribution in [0.5, 0.6) is 0 Å². The van der Waals surface area contributed by atoms with E-state index in [4.69, 9.17) is 9.26 Å². The SMILES string of the molecule is CC/C=C\C/C=C\C/C=C\C/C=C\C/C=C\C/C=C\CCCCCCC(=O)OCC(O)COP(=O)([O-])OCC[N+](C)(C)C. The highest BCUT2D eigenvalue weighted by atomic mass is 31.2. The van der Waals surface area contributed by atoms with Crippen LogP contribution in [0.25, 0.3) is 0 Å². The lowest BCUT2D eigenvalue weighted by atomic mass is 10.1. The van der Waals surface area contributed by atoms with Crippen molar-refractivity contribution in [2.75, 3.05) is 47.5 Å². The van der Waals surface area contributed by atoms with Crippen molar-refractivity contribution in [1.82, 2.24) is 0 Å². The number of esters is 1. The Labute approximate surface area is 261 Å². The number of nitrogens with zero attached hydrogens (tertiary/aromatic N) is 1. The van der Waals surface area contributed by atoms with E-state index in [-0.39, 0.29) is 19.6 Å². The van der Waals surface area contributed by atoms with E-state index in [1.54, 1.807) is 0 Å². The third kappa shape index (κ3) is 32.7. The van der Waals surface area contributed by atoms with Crippen molar-refractivity contribution in [3.05, 3.63) is 72.9 Å². The van der Waals surface area contributed by atoms with Crippen LogP contribution < -0.4 is 4.89 Å². The minimum atomic E-state index is -4.51. The van der Waals surface area contributed by atoms with Gasteiger partial charge in [0.25, 0.3) is 7.82 Å². The molecule has 0 heterocycles. The third-order valence-electron chi connectivity index (χ3n) is 5.97. The Morgan fingerprint density at radius 3 is 1.74 bits per heavy atom. The van der Waals surface area contributed by atoms with Crippen molar-refractivity contribution in [1.29, 1.82) is 0 Å². The second-order valence-corrected chi connectivity index (χ2v) is 12.7. The van der Waals surface area contributed by atoms with E-state index in [9.17, 15) is 19.4 Å². The molecular formula is C34H58NO7P. The first-order chi connectivity index (χ1) is 20.6. The number of carbonyl (C=O) groups is 1. The van der Waals surface area contributed by atoms with Crippen molar-refractivity contribution in [2.45, 2.75) is 90.1 Å². The Hall–Kier alpha value is -2.06. The van der Waals surface area contributed by atoms with Crippen LogP contribution >= 0.6 is 7.82 Å². The number of ether oxygens (including phenoxy) is 1. The fourth-order valence-corrected chi connectivity index (χ4v) is 4.21. The number of allylic oxidation sites excluding steroid dienone is 12. The highest BCUT2D eigenvalue weighted by molar-refractivity contribution is 7.45. The zero-order chi connectivity index (χ0) is 32.1. The summed E-state index contributed by atoms with van der Waals surface area (Å²) in [4.78, 5) is 23.6. The average Bonchev–Trinajstić information content (AvgIpc) is 2.94. The maximum Gasteiger partial charge on any atom is 0.305 e. The summed E-state index contributed by atoms with van der Waals surface area (Å²) in [6.45, 7) is 1.77. The number of quaternary nitrogens is 1. The van der Waals surface area contributed by atoms with Crippen molar-refractivity contribution < 1.29 is 37.6 Å². The van der Waals surface area contributed by atoms with Gasteiger partial charge in [0.15, 0.2) is 0 Å². The number of carbonyl (C=O) groups excluding carboxylic acids is 1. The van der Waals surface area contributed by atoms with Gasteiger partial charge in [-0.15, -0.1) is 0 Å². The molecule has 0 aliphatic carbocycles. The number of hydrogen-bond acceptors (Lipinski definition) is 7. The summed E-state index contributed by atoms with van der Waals surface area (Å²) in [5.74, 6) is -0.416. The van der Waals surface area contributed by atoms with Crippen molar-refractivity contribution >= 4 is 13.8 Å². The van der Waals surface area contributed by atoms with E-state index in [0.29, 0.717) is 17.4 Å². The maximum absolute atomic E-state index is 11.9. The molecule has 0 bridgehead atoms. The Bertz CT molecular complexity index is 916. The standard InChI is InChI=1S/C34H58NO7P/c1-5-6-7-8-9-10-11-12-13-14-15-16-17-18-19-20-21-22-23-24-25-26-27-28-34(37)40-31-33(36)32-42-43(38,39)41-30-29-35(2,3)4/h6-7,9-10,12-13,15-16,18-19,21-22,33,36H,5,8,11,14,17,20,23-32H2,1-4H3/b7-6-,10-9-,13-12-,16-15-,19-18-,22-21-. The zero-order valence-corrected chi connectivity index (χ0v) is 28.0. The summed E-state index contributed by atoms with van der Waals surface area (Å²) in [6, 6.07) is 0. The lowest BCUT2D eigenvalue weighted by Crippen LogP contribution is -2.37. The molecule has 0 saturated carbocycles. The lowest BCUT2D eigenvalue weighted by molar-refractivity contribution is -0.870. The van der Waals surface area contributed by atoms with E-state index >= 15 is 0 Å². The molecule has 0 aromatic carbocycles. The van der Waals surface area contributed by atoms with Gasteiger partial charge in [-0.25, -0.2) is 0 Å². The van der Waals surface area contributed by atoms with Crippen LogP contribution in [-0.4, -0.2) is 69.2 Å². The number of likely N-dealkylation sites (N-methyl/N-ethyl adjacent to an activating group) is 1. The molecule has 9 heteroatoms. The molecule has 0 fully saturated rings. The molecule has 246 valence electrons. The molecule has 0 spiro atoms. The molecule has 8 nitrogen and oxygen atoms in total. The summed E-state index contributed by atoms with van der Waals surface area (Å²) < 4.78 is 26.7. The summed E-state index contributed by atoms with van der Waals surface area (Å²) >= 11 is 0. The molecule has 0 aliphatic heterocycles. The van der Waals surface area contributed by atoms with Crippen LogP contribution in [0.1, 0.15) is 84.0 Å². The molecule has 2 atom stereocenters. The van der Waals surface area contributed by atoms with Crippen LogP contribution in [-0.2, 0) is 23.1 Å². The second kappa shape index (κ2) is 27.5. The quantitative estimate of drug-likeness (QED) is 0.0341. The molecule has 1 N–H and O–H groups in total. The Balaban J connectivity index is 3.67. The van der Waals surface area contributed by atoms with E-state index in [0.717, 1.165) is 64.2 Å². The predicted molar refractivity (Wildman–Crippen MR) is 175 cm³/mol. The number of unbranched alkanes of at least 4 members (excludes halogenated alkanes) is 4. The highest BCUT2D eigenvalue weighted by Gasteiger charge is 2.16. The van der Waals surface area contributed by atoms with E-state index in [1.807, 2.05) is 21.1 Å². The largest absolute Gasteiger partial charge is 0.756 e. The first-order valence-corrected chi connectivity index (χ1v) is 17.2. The van der Waals surface area contributed by atoms with Gasteiger partial charge in [-0.3, -0.25) is 9.36 Å². The van der Waals surface area contributed by atoms with Gasteiger partial charge in [-0.2, -0.15) is 0 Å². The molecule has 0 amide bonds. The number of phosphoric acid groups is 1. The number of rotatable bonds is 27. The average molecular weight is 624 g/mol. The highest BCUT2D eigenvalue weighted by Crippen LogP contribution is 2.38. The van der Waals surface area contributed by atoms with E-state index in [1.165, 1.54) is 0 Å². The fourth-order valence-electron chi connectivity index (χ4n) is 3.48. The van der Waals surface area contributed by atoms with Gasteiger partial charge in [-0.1, -0.05) is 92.7 Å². The second-order valence-electron chi connectivity index (χ2n) is 11.3. The zero-order valence-electron chi connectivity index (χ0n) is 27.1. The summed E-state index contributed by atoms with van der Waals surface area (Å²) in [6.07, 6.45) is 36.1. The molecule has 0 radical (unpaired) electrons. The molecule has 43 heavy (non-hydrogen) atoms. The molecular weight excluding hydrogens is 565 g/mol. The van der Waals surface area contributed by atoms with Crippen molar-refractivity contribution in [2.24, 2.45) is 0 Å². The predicted octanol–water partition coefficient (Wildman–Crippen LogP) is 7.14. The summed E-state index contributed by atoms with van der Waals surface area (Å²) in [7, 11) is 1.22. The Morgan fingerprint density at radius 2 is 1.23 bits per heavy atom. The van der Waals surface area contributed by atoms with Crippen molar-refractivity contribution in [3.63, 3.8) is 0 Å². The van der Waals surface area contributed by atoms with Gasteiger partial charge in [-0.05, 0) is 57.8 Å². The van der Waals surface area contributed by atoms with Gasteiger partial charge >= 0.3 is 5.97 Å². The van der Waals surface area contributed by atoms with E-state index in [2.05, 4.69) is 84.4 Å². The van der Waals surface area contributed by atoms with Crippen LogP contribution in [0, 0.1) is 0 Å². The maximum atomic E-state index is 11.9. The molecule has 0 rings (SSSR count). The van der Waals surface area contributed by atoms with Gasteiger partial charge in [0.05, 0.1) is 27.7 Å². The molecule has 0 aliphatic rings. The van der Waals surface area contributed by atoms with Crippen LogP contribution in [0.3, 0.4) is 0 Å². The van der Waals surface area contributed by atoms with Crippen LogP contribution in [0.15, 0.2) is 72.9 Å². The van der Waals surface area contributed by atoms with Gasteiger partial charge in [0.2, 0.25) is 0 Å². The van der Waals surface area contributed by atoms with E-state index < -0.39 is 26.5 Å². The molecule has 2 unspecified atom stereocenters. The summed E-state index contributed by atoms with van der Waals surface area (Å²) in [5, 5.41) is 9.83. The normalized spacial score (nSPS) is 15.2. The molecule has 0 saturated heterocycles. The number of hydrogen-bond donors (Lipinski definition) is 1. The Kier molecular flexibility index (Phi) is 26.2. The monoisotopic (exact) mass is 623 g/mol. The minimum Gasteiger partial charge on any atom is -0.756 e. The van der Waals surface area contributed by atoms with Crippen LogP contribution in [0.4, 0.5) is 0 Å². The Morgan fingerprint density at radius 1 is 0.744 bits per heavy atom. The lowest BCUT2D eigenvalue weighted by Gasteiger charge is -2.27. The first kappa shape index (κ1) is 40.9. The number of aliphatic hydroxyl groups is 1. The van der Waals surface area contributed by atoms with Gasteiger partial charge in [0.1, 0.15) is 25.9 Å². The number of aliphatic hydroxyl groups excluding tert-OH is 1. The number of phosphoric ester groups is 1.